The monoisotopic (exact) mass is 251 g/mol. The van der Waals surface area contributed by atoms with Gasteiger partial charge in [-0.2, -0.15) is 0 Å². The first-order chi connectivity index (χ1) is 8.16. The second kappa shape index (κ2) is 5.52. The molecule has 1 aromatic carbocycles. The first-order valence-electron chi connectivity index (χ1n) is 6.02. The van der Waals surface area contributed by atoms with Gasteiger partial charge in [-0.05, 0) is 37.6 Å². The molecular formula is C13H18ClN3. The van der Waals surface area contributed by atoms with Crippen LogP contribution < -0.4 is 5.73 Å². The number of halogens is 1. The maximum Gasteiger partial charge on any atom is 0.122 e. The summed E-state index contributed by atoms with van der Waals surface area (Å²) in [5.74, 6) is 0.0661. The van der Waals surface area contributed by atoms with Gasteiger partial charge in [-0.25, -0.2) is 0 Å². The van der Waals surface area contributed by atoms with E-state index in [2.05, 4.69) is 4.90 Å². The SMILES string of the molecule is N=C(N)c1ccc(CN2CCCCC2)c(Cl)c1. The number of nitrogens with zero attached hydrogens (tertiary/aromatic N) is 1. The summed E-state index contributed by atoms with van der Waals surface area (Å²) in [6, 6.07) is 5.63. The van der Waals surface area contributed by atoms with Gasteiger partial charge in [-0.15, -0.1) is 0 Å². The van der Waals surface area contributed by atoms with Crippen molar-refractivity contribution in [1.29, 1.82) is 5.41 Å². The highest BCUT2D eigenvalue weighted by atomic mass is 35.5. The van der Waals surface area contributed by atoms with Crippen molar-refractivity contribution in [2.24, 2.45) is 5.73 Å². The van der Waals surface area contributed by atoms with Crippen LogP contribution in [-0.4, -0.2) is 23.8 Å². The van der Waals surface area contributed by atoms with E-state index < -0.39 is 0 Å². The van der Waals surface area contributed by atoms with E-state index in [0.717, 1.165) is 25.2 Å². The van der Waals surface area contributed by atoms with Gasteiger partial charge in [0, 0.05) is 17.1 Å². The van der Waals surface area contributed by atoms with E-state index in [9.17, 15) is 0 Å². The molecule has 2 rings (SSSR count). The van der Waals surface area contributed by atoms with Gasteiger partial charge < -0.3 is 5.73 Å². The highest BCUT2D eigenvalue weighted by Gasteiger charge is 2.12. The van der Waals surface area contributed by atoms with Gasteiger partial charge in [0.25, 0.3) is 0 Å². The number of hydrogen-bond acceptors (Lipinski definition) is 2. The summed E-state index contributed by atoms with van der Waals surface area (Å²) in [5.41, 5.74) is 7.25. The van der Waals surface area contributed by atoms with E-state index in [0.29, 0.717) is 10.6 Å². The molecule has 0 spiro atoms. The molecule has 0 saturated carbocycles. The van der Waals surface area contributed by atoms with E-state index in [4.69, 9.17) is 22.7 Å². The van der Waals surface area contributed by atoms with Gasteiger partial charge in [0.15, 0.2) is 0 Å². The standard InChI is InChI=1S/C13H18ClN3/c14-12-8-10(13(15)16)4-5-11(12)9-17-6-2-1-3-7-17/h4-5,8H,1-3,6-7,9H2,(H3,15,16). The summed E-state index contributed by atoms with van der Waals surface area (Å²) in [6.45, 7) is 3.21. The van der Waals surface area contributed by atoms with Crippen molar-refractivity contribution in [3.63, 3.8) is 0 Å². The Morgan fingerprint density at radius 1 is 1.29 bits per heavy atom. The van der Waals surface area contributed by atoms with Crippen molar-refractivity contribution in [2.45, 2.75) is 25.8 Å². The summed E-state index contributed by atoms with van der Waals surface area (Å²) in [5, 5.41) is 8.08. The van der Waals surface area contributed by atoms with Crippen LogP contribution in [0.3, 0.4) is 0 Å². The molecule has 0 aliphatic carbocycles. The second-order valence-electron chi connectivity index (χ2n) is 4.56. The zero-order valence-electron chi connectivity index (χ0n) is 9.88. The first kappa shape index (κ1) is 12.4. The molecule has 0 bridgehead atoms. The molecule has 0 aromatic heterocycles. The van der Waals surface area contributed by atoms with Gasteiger partial charge >= 0.3 is 0 Å². The van der Waals surface area contributed by atoms with Crippen molar-refractivity contribution < 1.29 is 0 Å². The Morgan fingerprint density at radius 3 is 2.59 bits per heavy atom. The Hall–Kier alpha value is -1.06. The Balaban J connectivity index is 2.08. The Labute approximate surface area is 107 Å². The number of hydrogen-bond donors (Lipinski definition) is 2. The normalized spacial score (nSPS) is 17.0. The van der Waals surface area contributed by atoms with Crippen molar-refractivity contribution >= 4 is 17.4 Å². The first-order valence-corrected chi connectivity index (χ1v) is 6.40. The minimum Gasteiger partial charge on any atom is -0.384 e. The van der Waals surface area contributed by atoms with Crippen molar-refractivity contribution in [2.75, 3.05) is 13.1 Å². The lowest BCUT2D eigenvalue weighted by Crippen LogP contribution is -2.29. The topological polar surface area (TPSA) is 53.1 Å². The third-order valence-electron chi connectivity index (χ3n) is 3.21. The molecule has 17 heavy (non-hydrogen) atoms. The number of nitrogens with one attached hydrogen (secondary N) is 1. The van der Waals surface area contributed by atoms with Crippen LogP contribution in [0.4, 0.5) is 0 Å². The molecule has 1 aliphatic heterocycles. The molecule has 3 N–H and O–H groups in total. The van der Waals surface area contributed by atoms with Crippen LogP contribution in [0.1, 0.15) is 30.4 Å². The molecule has 0 atom stereocenters. The lowest BCUT2D eigenvalue weighted by molar-refractivity contribution is 0.221. The quantitative estimate of drug-likeness (QED) is 0.641. The number of nitrogens with two attached hydrogens (primary N) is 1. The van der Waals surface area contributed by atoms with Crippen LogP contribution in [0.25, 0.3) is 0 Å². The van der Waals surface area contributed by atoms with Crippen LogP contribution >= 0.6 is 11.6 Å². The fourth-order valence-corrected chi connectivity index (χ4v) is 2.44. The zero-order chi connectivity index (χ0) is 12.3. The molecule has 4 heteroatoms. The number of rotatable bonds is 3. The molecule has 1 saturated heterocycles. The Morgan fingerprint density at radius 2 is 2.00 bits per heavy atom. The molecule has 1 aliphatic rings. The number of likely N-dealkylation sites (tertiary alicyclic amines) is 1. The van der Waals surface area contributed by atoms with Crippen LogP contribution in [0.2, 0.25) is 5.02 Å². The van der Waals surface area contributed by atoms with Gasteiger partial charge in [0.2, 0.25) is 0 Å². The van der Waals surface area contributed by atoms with E-state index in [-0.39, 0.29) is 5.84 Å². The van der Waals surface area contributed by atoms with Crippen molar-refractivity contribution in [1.82, 2.24) is 4.90 Å². The highest BCUT2D eigenvalue weighted by Crippen LogP contribution is 2.21. The number of piperidine rings is 1. The van der Waals surface area contributed by atoms with E-state index in [1.54, 1.807) is 6.07 Å². The molecular weight excluding hydrogens is 234 g/mol. The van der Waals surface area contributed by atoms with Crippen LogP contribution in [0.5, 0.6) is 0 Å². The Kier molecular flexibility index (Phi) is 4.02. The summed E-state index contributed by atoms with van der Waals surface area (Å²) >= 11 is 6.21. The molecule has 1 aromatic rings. The third kappa shape index (κ3) is 3.20. The molecule has 0 radical (unpaired) electrons. The summed E-state index contributed by atoms with van der Waals surface area (Å²) in [7, 11) is 0. The molecule has 0 amide bonds. The van der Waals surface area contributed by atoms with E-state index in [1.165, 1.54) is 19.3 Å². The predicted molar refractivity (Wildman–Crippen MR) is 71.6 cm³/mol. The molecule has 1 heterocycles. The van der Waals surface area contributed by atoms with Gasteiger partial charge in [0.05, 0.1) is 0 Å². The molecule has 0 unspecified atom stereocenters. The summed E-state index contributed by atoms with van der Waals surface area (Å²) in [6.07, 6.45) is 3.90. The number of nitrogen functional groups attached to an aromatic ring is 1. The number of benzene rings is 1. The van der Waals surface area contributed by atoms with Gasteiger partial charge in [0.1, 0.15) is 5.84 Å². The largest absolute Gasteiger partial charge is 0.384 e. The van der Waals surface area contributed by atoms with Crippen molar-refractivity contribution in [3.05, 3.63) is 34.3 Å². The van der Waals surface area contributed by atoms with Crippen LogP contribution in [0, 0.1) is 5.41 Å². The average molecular weight is 252 g/mol. The Bertz CT molecular complexity index is 411. The van der Waals surface area contributed by atoms with Crippen molar-refractivity contribution in [3.8, 4) is 0 Å². The predicted octanol–water partition coefficient (Wildman–Crippen LogP) is 2.61. The van der Waals surface area contributed by atoms with Gasteiger partial charge in [-0.3, -0.25) is 10.3 Å². The highest BCUT2D eigenvalue weighted by molar-refractivity contribution is 6.31. The molecule has 92 valence electrons. The van der Waals surface area contributed by atoms with Crippen LogP contribution in [-0.2, 0) is 6.54 Å². The fraction of sp³-hybridized carbons (Fsp3) is 0.462. The lowest BCUT2D eigenvalue weighted by Gasteiger charge is -2.26. The van der Waals surface area contributed by atoms with Crippen LogP contribution in [0.15, 0.2) is 18.2 Å². The van der Waals surface area contributed by atoms with E-state index >= 15 is 0 Å². The van der Waals surface area contributed by atoms with E-state index in [1.807, 2.05) is 12.1 Å². The lowest BCUT2D eigenvalue weighted by atomic mass is 10.1. The number of amidine groups is 1. The molecule has 1 fully saturated rings. The zero-order valence-corrected chi connectivity index (χ0v) is 10.6. The average Bonchev–Trinajstić information content (AvgIpc) is 2.33. The van der Waals surface area contributed by atoms with Gasteiger partial charge in [-0.1, -0.05) is 30.2 Å². The summed E-state index contributed by atoms with van der Waals surface area (Å²) < 4.78 is 0. The smallest absolute Gasteiger partial charge is 0.122 e. The summed E-state index contributed by atoms with van der Waals surface area (Å²) in [4.78, 5) is 2.43. The molecule has 3 nitrogen and oxygen atoms in total. The fourth-order valence-electron chi connectivity index (χ4n) is 2.20. The maximum atomic E-state index is 7.36. The maximum absolute atomic E-state index is 7.36. The second-order valence-corrected chi connectivity index (χ2v) is 4.96. The minimum absolute atomic E-state index is 0.0661. The third-order valence-corrected chi connectivity index (χ3v) is 3.56. The minimum atomic E-state index is 0.0661.